The molecule has 2 aromatic rings. The lowest BCUT2D eigenvalue weighted by molar-refractivity contribution is 0.220. The second kappa shape index (κ2) is 5.08. The molecule has 0 spiro atoms. The lowest BCUT2D eigenvalue weighted by atomic mass is 10.1. The fraction of sp³-hybridized carbons (Fsp3) is 0.250. The smallest absolute Gasteiger partial charge is 0.107 e. The van der Waals surface area contributed by atoms with Crippen LogP contribution in [0.5, 0.6) is 0 Å². The minimum absolute atomic E-state index is 0.509. The molecule has 1 aromatic heterocycles. The van der Waals surface area contributed by atoms with Gasteiger partial charge in [0.2, 0.25) is 0 Å². The van der Waals surface area contributed by atoms with Gasteiger partial charge in [-0.15, -0.1) is 0 Å². The van der Waals surface area contributed by atoms with Crippen LogP contribution in [0.25, 0.3) is 0 Å². The van der Waals surface area contributed by atoms with Crippen LogP contribution in [0.15, 0.2) is 30.6 Å². The summed E-state index contributed by atoms with van der Waals surface area (Å²) in [6.07, 6.45) is 2.69. The topological polar surface area (TPSA) is 38.0 Å². The standard InChI is InChI=1S/C12H12Cl2N2O/c1-2-16-7-9(6-15-16)12(17)8-3-10(13)5-11(14)4-8/h3-7,12,17H,2H2,1H3. The summed E-state index contributed by atoms with van der Waals surface area (Å²) in [5.41, 5.74) is 1.39. The van der Waals surface area contributed by atoms with Gasteiger partial charge >= 0.3 is 0 Å². The molecule has 1 atom stereocenters. The van der Waals surface area contributed by atoms with Crippen molar-refractivity contribution in [3.05, 3.63) is 51.8 Å². The van der Waals surface area contributed by atoms with E-state index < -0.39 is 6.10 Å². The molecule has 0 saturated heterocycles. The number of rotatable bonds is 3. The Balaban J connectivity index is 2.32. The highest BCUT2D eigenvalue weighted by Crippen LogP contribution is 2.27. The molecule has 90 valence electrons. The average molecular weight is 271 g/mol. The highest BCUT2D eigenvalue weighted by Gasteiger charge is 2.13. The van der Waals surface area contributed by atoms with Gasteiger partial charge in [0.1, 0.15) is 6.10 Å². The normalized spacial score (nSPS) is 12.7. The molecule has 0 radical (unpaired) electrons. The van der Waals surface area contributed by atoms with Crippen LogP contribution in [-0.4, -0.2) is 14.9 Å². The lowest BCUT2D eigenvalue weighted by Crippen LogP contribution is -1.99. The minimum Gasteiger partial charge on any atom is -0.384 e. The lowest BCUT2D eigenvalue weighted by Gasteiger charge is -2.09. The van der Waals surface area contributed by atoms with Crippen molar-refractivity contribution in [1.82, 2.24) is 9.78 Å². The molecular weight excluding hydrogens is 259 g/mol. The summed E-state index contributed by atoms with van der Waals surface area (Å²) >= 11 is 11.8. The number of aromatic nitrogens is 2. The molecule has 5 heteroatoms. The molecule has 0 aliphatic rings. The van der Waals surface area contributed by atoms with E-state index in [0.29, 0.717) is 15.6 Å². The first-order chi connectivity index (χ1) is 8.10. The molecule has 1 heterocycles. The first kappa shape index (κ1) is 12.4. The fourth-order valence-corrected chi connectivity index (χ4v) is 2.16. The van der Waals surface area contributed by atoms with Gasteiger partial charge in [0, 0.05) is 28.4 Å². The van der Waals surface area contributed by atoms with Gasteiger partial charge < -0.3 is 5.11 Å². The maximum atomic E-state index is 10.2. The van der Waals surface area contributed by atoms with Crippen LogP contribution in [0.4, 0.5) is 0 Å². The SMILES string of the molecule is CCn1cc(C(O)c2cc(Cl)cc(Cl)c2)cn1. The molecule has 2 rings (SSSR count). The van der Waals surface area contributed by atoms with Gasteiger partial charge in [-0.05, 0) is 30.7 Å². The molecule has 0 saturated carbocycles. The number of aliphatic hydroxyl groups excluding tert-OH is 1. The van der Waals surface area contributed by atoms with Crippen LogP contribution in [0.3, 0.4) is 0 Å². The Hall–Kier alpha value is -1.03. The average Bonchev–Trinajstić information content (AvgIpc) is 2.75. The molecule has 0 fully saturated rings. The van der Waals surface area contributed by atoms with Gasteiger partial charge in [0.05, 0.1) is 6.20 Å². The van der Waals surface area contributed by atoms with Crippen molar-refractivity contribution in [1.29, 1.82) is 0 Å². The van der Waals surface area contributed by atoms with Crippen molar-refractivity contribution in [3.8, 4) is 0 Å². The Kier molecular flexibility index (Phi) is 3.72. The maximum absolute atomic E-state index is 10.2. The van der Waals surface area contributed by atoms with Gasteiger partial charge in [0.15, 0.2) is 0 Å². The molecule has 3 nitrogen and oxygen atoms in total. The number of aliphatic hydroxyl groups is 1. The summed E-state index contributed by atoms with van der Waals surface area (Å²) in [5.74, 6) is 0. The molecule has 0 aliphatic carbocycles. The Morgan fingerprint density at radius 2 is 1.88 bits per heavy atom. The highest BCUT2D eigenvalue weighted by molar-refractivity contribution is 6.34. The molecular formula is C12H12Cl2N2O. The van der Waals surface area contributed by atoms with Crippen molar-refractivity contribution in [2.24, 2.45) is 0 Å². The monoisotopic (exact) mass is 270 g/mol. The molecule has 1 N–H and O–H groups in total. The van der Waals surface area contributed by atoms with Crippen molar-refractivity contribution in [2.75, 3.05) is 0 Å². The third kappa shape index (κ3) is 2.80. The number of hydrogen-bond donors (Lipinski definition) is 1. The molecule has 0 aliphatic heterocycles. The van der Waals surface area contributed by atoms with Crippen molar-refractivity contribution >= 4 is 23.2 Å². The van der Waals surface area contributed by atoms with Crippen LogP contribution in [0.2, 0.25) is 10.0 Å². The summed E-state index contributed by atoms with van der Waals surface area (Å²) in [7, 11) is 0. The van der Waals surface area contributed by atoms with E-state index in [1.165, 1.54) is 0 Å². The summed E-state index contributed by atoms with van der Waals surface area (Å²) < 4.78 is 1.75. The van der Waals surface area contributed by atoms with E-state index in [-0.39, 0.29) is 0 Å². The molecule has 1 aromatic carbocycles. The van der Waals surface area contributed by atoms with Crippen LogP contribution in [0, 0.1) is 0 Å². The number of hydrogen-bond acceptors (Lipinski definition) is 2. The summed E-state index contributed by atoms with van der Waals surface area (Å²) in [6, 6.07) is 5.03. The van der Waals surface area contributed by atoms with Gasteiger partial charge in [-0.25, -0.2) is 0 Å². The summed E-state index contributed by atoms with van der Waals surface area (Å²) in [5, 5.41) is 15.3. The fourth-order valence-electron chi connectivity index (χ4n) is 1.62. The van der Waals surface area contributed by atoms with Crippen molar-refractivity contribution in [2.45, 2.75) is 19.6 Å². The Morgan fingerprint density at radius 1 is 1.24 bits per heavy atom. The van der Waals surface area contributed by atoms with Gasteiger partial charge in [-0.2, -0.15) is 5.10 Å². The number of benzene rings is 1. The third-order valence-electron chi connectivity index (χ3n) is 2.49. The second-order valence-electron chi connectivity index (χ2n) is 3.73. The summed E-state index contributed by atoms with van der Waals surface area (Å²) in [4.78, 5) is 0. The quantitative estimate of drug-likeness (QED) is 0.930. The van der Waals surface area contributed by atoms with E-state index in [1.807, 2.05) is 6.92 Å². The number of halogens is 2. The Morgan fingerprint density at radius 3 is 2.41 bits per heavy atom. The van der Waals surface area contributed by atoms with Crippen molar-refractivity contribution in [3.63, 3.8) is 0 Å². The molecule has 0 amide bonds. The van der Waals surface area contributed by atoms with Crippen molar-refractivity contribution < 1.29 is 5.11 Å². The first-order valence-corrected chi connectivity index (χ1v) is 6.02. The molecule has 0 bridgehead atoms. The minimum atomic E-state index is -0.758. The number of nitrogens with zero attached hydrogens (tertiary/aromatic N) is 2. The Labute approximate surface area is 110 Å². The predicted octanol–water partition coefficient (Wildman–Crippen LogP) is 3.29. The predicted molar refractivity (Wildman–Crippen MR) is 68.4 cm³/mol. The van der Waals surface area contributed by atoms with E-state index in [1.54, 1.807) is 35.3 Å². The van der Waals surface area contributed by atoms with Crippen LogP contribution in [-0.2, 0) is 6.54 Å². The van der Waals surface area contributed by atoms with Gasteiger partial charge in [-0.3, -0.25) is 4.68 Å². The van der Waals surface area contributed by atoms with E-state index in [0.717, 1.165) is 12.1 Å². The molecule has 17 heavy (non-hydrogen) atoms. The van der Waals surface area contributed by atoms with E-state index >= 15 is 0 Å². The van der Waals surface area contributed by atoms with E-state index in [2.05, 4.69) is 5.10 Å². The largest absolute Gasteiger partial charge is 0.384 e. The van der Waals surface area contributed by atoms with Crippen LogP contribution in [0.1, 0.15) is 24.2 Å². The zero-order chi connectivity index (χ0) is 12.4. The Bertz CT molecular complexity index is 505. The van der Waals surface area contributed by atoms with Gasteiger partial charge in [-0.1, -0.05) is 23.2 Å². The third-order valence-corrected chi connectivity index (χ3v) is 2.93. The zero-order valence-corrected chi connectivity index (χ0v) is 10.8. The van der Waals surface area contributed by atoms with E-state index in [4.69, 9.17) is 23.2 Å². The number of aryl methyl sites for hydroxylation is 1. The van der Waals surface area contributed by atoms with E-state index in [9.17, 15) is 5.11 Å². The van der Waals surface area contributed by atoms with Crippen LogP contribution < -0.4 is 0 Å². The molecule has 1 unspecified atom stereocenters. The zero-order valence-electron chi connectivity index (χ0n) is 9.27. The second-order valence-corrected chi connectivity index (χ2v) is 4.61. The summed E-state index contributed by atoms with van der Waals surface area (Å²) in [6.45, 7) is 2.75. The highest BCUT2D eigenvalue weighted by atomic mass is 35.5. The van der Waals surface area contributed by atoms with Gasteiger partial charge in [0.25, 0.3) is 0 Å². The maximum Gasteiger partial charge on any atom is 0.107 e. The van der Waals surface area contributed by atoms with Crippen LogP contribution >= 0.6 is 23.2 Å². The first-order valence-electron chi connectivity index (χ1n) is 5.26.